The summed E-state index contributed by atoms with van der Waals surface area (Å²) in [5, 5.41) is 25.4. The average Bonchev–Trinajstić information content (AvgIpc) is 3.45. The van der Waals surface area contributed by atoms with Gasteiger partial charge < -0.3 is 29.4 Å². The Labute approximate surface area is 251 Å². The largest absolute Gasteiger partial charge is 0.504 e. The third-order valence-corrected chi connectivity index (χ3v) is 9.48. The van der Waals surface area contributed by atoms with Crippen LogP contribution in [0.1, 0.15) is 72.2 Å². The zero-order chi connectivity index (χ0) is 30.7. The molecule has 0 aromatic heterocycles. The number of hydrogen-bond donors (Lipinski definition) is 2. The van der Waals surface area contributed by atoms with Gasteiger partial charge in [0, 0.05) is 54.2 Å². The number of carbonyl (C=O) groups is 2. The predicted octanol–water partition coefficient (Wildman–Crippen LogP) is 3.36. The molecule has 1 saturated heterocycles. The fourth-order valence-electron chi connectivity index (χ4n) is 7.84. The maximum Gasteiger partial charge on any atom is 0.308 e. The van der Waals surface area contributed by atoms with E-state index in [1.54, 1.807) is 7.11 Å². The highest BCUT2D eigenvalue weighted by atomic mass is 16.7. The van der Waals surface area contributed by atoms with Gasteiger partial charge >= 0.3 is 5.97 Å². The second-order valence-corrected chi connectivity index (χ2v) is 11.9. The van der Waals surface area contributed by atoms with Gasteiger partial charge in [0.25, 0.3) is 0 Å². The van der Waals surface area contributed by atoms with E-state index in [9.17, 15) is 20.0 Å². The number of phenols is 1. The monoisotopic (exact) mass is 590 g/mol. The summed E-state index contributed by atoms with van der Waals surface area (Å²) >= 11 is 0. The minimum absolute atomic E-state index is 0.0144. The van der Waals surface area contributed by atoms with E-state index in [0.717, 1.165) is 27.8 Å². The molecule has 2 N–H and O–H groups in total. The van der Waals surface area contributed by atoms with E-state index < -0.39 is 18.1 Å². The topological polar surface area (TPSA) is 134 Å². The normalized spacial score (nSPS) is 25.2. The number of amides is 1. The Balaban J connectivity index is 1.60. The lowest BCUT2D eigenvalue weighted by Gasteiger charge is -2.60. The number of carbonyl (C=O) groups excluding carboxylic acids is 2. The van der Waals surface area contributed by atoms with Gasteiger partial charge in [-0.3, -0.25) is 19.4 Å². The van der Waals surface area contributed by atoms with E-state index in [4.69, 9.17) is 18.9 Å². The van der Waals surface area contributed by atoms with Crippen molar-refractivity contribution in [1.82, 2.24) is 15.1 Å². The molecule has 6 rings (SSSR count). The van der Waals surface area contributed by atoms with Gasteiger partial charge in [-0.2, -0.15) is 5.26 Å². The molecule has 2 unspecified atom stereocenters. The van der Waals surface area contributed by atoms with Crippen molar-refractivity contribution in [3.63, 3.8) is 0 Å². The van der Waals surface area contributed by atoms with Crippen molar-refractivity contribution < 1.29 is 33.6 Å². The minimum Gasteiger partial charge on any atom is -0.504 e. The molecule has 0 spiro atoms. The number of piperazine rings is 1. The molecule has 4 aliphatic heterocycles. The molecule has 11 heteroatoms. The van der Waals surface area contributed by atoms with Crippen LogP contribution in [0.25, 0.3) is 0 Å². The first-order valence-corrected chi connectivity index (χ1v) is 14.8. The number of nitrogens with one attached hydrogen (secondary N) is 1. The molecule has 2 aromatic carbocycles. The van der Waals surface area contributed by atoms with Gasteiger partial charge in [0.05, 0.1) is 25.3 Å². The van der Waals surface area contributed by atoms with E-state index in [1.807, 2.05) is 27.8 Å². The standard InChI is InChI=1S/C32H38N4O7/c1-7-8-24(38)34-13-23-26-19(30(43-17(4)37)16(3)31-32(26)42-14-41-31)11-21-27-25-18(9-15(2)29(40-6)28(25)39)10-20(35(27)5)22(12-33)36(21)23/h9,20-23,27,39H,7-8,10-11,13-14H2,1-6H3,(H,34,38)/t20-,21?,22?,23+,27-/m1/s1. The number of phenolic OH excluding ortho intramolecular Hbond substituents is 1. The van der Waals surface area contributed by atoms with Gasteiger partial charge in [-0.15, -0.1) is 0 Å². The zero-order valence-electron chi connectivity index (χ0n) is 25.4. The molecule has 0 saturated carbocycles. The second kappa shape index (κ2) is 10.9. The van der Waals surface area contributed by atoms with Gasteiger partial charge in [0.1, 0.15) is 11.8 Å². The molecule has 4 heterocycles. The quantitative estimate of drug-likeness (QED) is 0.381. The summed E-state index contributed by atoms with van der Waals surface area (Å²) in [4.78, 5) is 29.5. The highest BCUT2D eigenvalue weighted by Crippen LogP contribution is 2.58. The summed E-state index contributed by atoms with van der Waals surface area (Å²) in [5.74, 6) is 1.45. The predicted molar refractivity (Wildman–Crippen MR) is 155 cm³/mol. The molecule has 2 aromatic rings. The summed E-state index contributed by atoms with van der Waals surface area (Å²) in [5.41, 5.74) is 4.80. The van der Waals surface area contributed by atoms with Crippen molar-refractivity contribution >= 4 is 11.9 Å². The van der Waals surface area contributed by atoms with E-state index in [2.05, 4.69) is 27.3 Å². The fourth-order valence-corrected chi connectivity index (χ4v) is 7.84. The summed E-state index contributed by atoms with van der Waals surface area (Å²) < 4.78 is 23.4. The van der Waals surface area contributed by atoms with Crippen LogP contribution >= 0.6 is 0 Å². The van der Waals surface area contributed by atoms with Crippen LogP contribution in [0.4, 0.5) is 0 Å². The number of fused-ring (bicyclic) bond motifs is 9. The lowest BCUT2D eigenvalue weighted by Crippen LogP contribution is -2.68. The number of aromatic hydroxyl groups is 1. The second-order valence-electron chi connectivity index (χ2n) is 11.9. The first-order valence-electron chi connectivity index (χ1n) is 14.8. The smallest absolute Gasteiger partial charge is 0.308 e. The van der Waals surface area contributed by atoms with Crippen LogP contribution < -0.4 is 24.3 Å². The SMILES string of the molecule is CCCC(=O)NC[C@H]1c2c(c(OC(C)=O)c(C)c3c2OCO3)CC2[C@@H]3c4c(cc(C)c(OC)c4O)C[C@H](C(C#N)N21)N3C. The Morgan fingerprint density at radius 2 is 1.91 bits per heavy atom. The molecule has 1 amide bonds. The number of rotatable bonds is 6. The average molecular weight is 591 g/mol. The van der Waals surface area contributed by atoms with Crippen LogP contribution in [-0.2, 0) is 22.4 Å². The van der Waals surface area contributed by atoms with E-state index in [0.29, 0.717) is 54.2 Å². The molecule has 0 radical (unpaired) electrons. The van der Waals surface area contributed by atoms with Gasteiger partial charge in [-0.25, -0.2) is 0 Å². The van der Waals surface area contributed by atoms with E-state index in [-0.39, 0.29) is 43.1 Å². The van der Waals surface area contributed by atoms with Crippen LogP contribution in [-0.4, -0.2) is 72.4 Å². The third-order valence-electron chi connectivity index (χ3n) is 9.48. The molecule has 4 aliphatic rings. The number of methoxy groups -OCH3 is 1. The first-order chi connectivity index (χ1) is 20.6. The van der Waals surface area contributed by atoms with Crippen LogP contribution in [0.2, 0.25) is 0 Å². The Kier molecular flexibility index (Phi) is 7.39. The van der Waals surface area contributed by atoms with Gasteiger partial charge in [-0.05, 0) is 51.3 Å². The van der Waals surface area contributed by atoms with Crippen molar-refractivity contribution in [3.05, 3.63) is 39.4 Å². The number of nitrogens with zero attached hydrogens (tertiary/aromatic N) is 3. The number of ether oxygens (including phenoxy) is 4. The van der Waals surface area contributed by atoms with E-state index in [1.165, 1.54) is 6.92 Å². The highest BCUT2D eigenvalue weighted by Gasteiger charge is 2.56. The summed E-state index contributed by atoms with van der Waals surface area (Å²) in [6.45, 7) is 7.29. The fraction of sp³-hybridized carbons (Fsp3) is 0.531. The number of benzene rings is 2. The van der Waals surface area contributed by atoms with Crippen LogP contribution in [0.15, 0.2) is 6.07 Å². The number of aryl methyl sites for hydroxylation is 1. The highest BCUT2D eigenvalue weighted by molar-refractivity contribution is 5.76. The first kappa shape index (κ1) is 29.1. The molecule has 0 aliphatic carbocycles. The van der Waals surface area contributed by atoms with Crippen molar-refractivity contribution in [3.8, 4) is 34.8 Å². The lowest BCUT2D eigenvalue weighted by molar-refractivity contribution is -0.132. The van der Waals surface area contributed by atoms with Gasteiger partial charge in [0.2, 0.25) is 12.7 Å². The lowest BCUT2D eigenvalue weighted by atomic mass is 9.71. The maximum absolute atomic E-state index is 12.8. The maximum atomic E-state index is 12.8. The zero-order valence-corrected chi connectivity index (χ0v) is 25.4. The third kappa shape index (κ3) is 4.38. The Bertz CT molecular complexity index is 1550. The van der Waals surface area contributed by atoms with Crippen LogP contribution in [0.3, 0.4) is 0 Å². The summed E-state index contributed by atoms with van der Waals surface area (Å²) in [7, 11) is 3.54. The van der Waals surface area contributed by atoms with Crippen molar-refractivity contribution in [2.24, 2.45) is 0 Å². The minimum atomic E-state index is -0.540. The van der Waals surface area contributed by atoms with Gasteiger partial charge in [-0.1, -0.05) is 13.0 Å². The van der Waals surface area contributed by atoms with Crippen molar-refractivity contribution in [2.45, 2.75) is 83.6 Å². The molecule has 1 fully saturated rings. The summed E-state index contributed by atoms with van der Waals surface area (Å²) in [6, 6.07) is 2.81. The van der Waals surface area contributed by atoms with Crippen molar-refractivity contribution in [2.75, 3.05) is 27.5 Å². The molecule has 228 valence electrons. The molecular weight excluding hydrogens is 552 g/mol. The van der Waals surface area contributed by atoms with E-state index >= 15 is 0 Å². The Morgan fingerprint density at radius 3 is 2.58 bits per heavy atom. The number of nitriles is 1. The van der Waals surface area contributed by atoms with Crippen molar-refractivity contribution in [1.29, 1.82) is 5.26 Å². The molecular formula is C32H38N4O7. The van der Waals surface area contributed by atoms with Gasteiger partial charge in [0.15, 0.2) is 23.0 Å². The molecule has 43 heavy (non-hydrogen) atoms. The summed E-state index contributed by atoms with van der Waals surface area (Å²) in [6.07, 6.45) is 2.05. The molecule has 11 nitrogen and oxygen atoms in total. The van der Waals surface area contributed by atoms with Crippen LogP contribution in [0.5, 0.6) is 28.7 Å². The Morgan fingerprint density at radius 1 is 1.16 bits per heavy atom. The number of hydrogen-bond acceptors (Lipinski definition) is 10. The number of likely N-dealkylation sites (N-methyl/N-ethyl adjacent to an activating group) is 1. The Hall–Kier alpha value is -4.01. The van der Waals surface area contributed by atoms with Crippen LogP contribution in [0, 0.1) is 25.2 Å². The number of esters is 1. The molecule has 5 atom stereocenters. The molecule has 2 bridgehead atoms.